The van der Waals surface area contributed by atoms with E-state index in [0.29, 0.717) is 10.3 Å². The average Bonchev–Trinajstić information content (AvgIpc) is 3.27. The zero-order valence-corrected chi connectivity index (χ0v) is 16.1. The van der Waals surface area contributed by atoms with Gasteiger partial charge in [-0.2, -0.15) is 0 Å². The molecule has 2 aliphatic carbocycles. The summed E-state index contributed by atoms with van der Waals surface area (Å²) in [6, 6.07) is 1.27. The lowest BCUT2D eigenvalue weighted by atomic mass is 9.99. The molecule has 9 nitrogen and oxygen atoms in total. The second-order valence-corrected chi connectivity index (χ2v) is 8.77. The lowest BCUT2D eigenvalue weighted by molar-refractivity contribution is 0.256. The molecule has 0 radical (unpaired) electrons. The molecule has 148 valence electrons. The molecule has 4 rings (SSSR count). The normalized spacial score (nSPS) is 15.2. The molecule has 2 amide bonds. The van der Waals surface area contributed by atoms with Crippen molar-refractivity contribution in [1.82, 2.24) is 14.3 Å². The number of nitrogens with one attached hydrogen (secondary N) is 3. The first kappa shape index (κ1) is 18.5. The van der Waals surface area contributed by atoms with Crippen LogP contribution in [-0.4, -0.2) is 24.0 Å². The summed E-state index contributed by atoms with van der Waals surface area (Å²) in [6.07, 6.45) is 6.37. The molecule has 1 heterocycles. The molecule has 0 unspecified atom stereocenters. The summed E-state index contributed by atoms with van der Waals surface area (Å²) < 4.78 is 27.5. The summed E-state index contributed by atoms with van der Waals surface area (Å²) in [5.74, 6) is 0. The Labute approximate surface area is 160 Å². The molecule has 0 bridgehead atoms. The number of fused-ring (bicyclic) bond motifs is 2. The van der Waals surface area contributed by atoms with Crippen LogP contribution in [0.2, 0.25) is 0 Å². The lowest BCUT2D eigenvalue weighted by Crippen LogP contribution is -2.41. The molecule has 1 aromatic heterocycles. The van der Waals surface area contributed by atoms with Gasteiger partial charge in [0.15, 0.2) is 4.90 Å². The van der Waals surface area contributed by atoms with E-state index in [1.54, 1.807) is 0 Å². The third kappa shape index (κ3) is 3.03. The van der Waals surface area contributed by atoms with Crippen molar-refractivity contribution in [2.45, 2.75) is 43.4 Å². The zero-order valence-electron chi connectivity index (χ0n) is 15.3. The number of hydrogen-bond donors (Lipinski definition) is 3. The molecule has 2 aromatic rings. The van der Waals surface area contributed by atoms with E-state index in [2.05, 4.69) is 16.4 Å². The number of hydrogen-bond acceptors (Lipinski definition) is 5. The average molecular weight is 404 g/mol. The van der Waals surface area contributed by atoms with Crippen LogP contribution >= 0.6 is 0 Å². The summed E-state index contributed by atoms with van der Waals surface area (Å²) >= 11 is 0. The van der Waals surface area contributed by atoms with E-state index in [1.165, 1.54) is 11.1 Å². The number of sulfonamides is 1. The van der Waals surface area contributed by atoms with Gasteiger partial charge in [0.25, 0.3) is 15.6 Å². The number of nitrogens with zero attached hydrogens (tertiary/aromatic N) is 1. The number of aromatic nitrogens is 2. The van der Waals surface area contributed by atoms with Gasteiger partial charge in [-0.3, -0.25) is 9.36 Å². The van der Waals surface area contributed by atoms with Crippen LogP contribution in [0.4, 0.5) is 10.5 Å². The van der Waals surface area contributed by atoms with E-state index in [1.807, 2.05) is 4.72 Å². The minimum absolute atomic E-state index is 0.628. The molecule has 0 atom stereocenters. The van der Waals surface area contributed by atoms with Crippen LogP contribution in [-0.2, 0) is 42.8 Å². The Morgan fingerprint density at radius 1 is 1.07 bits per heavy atom. The molecule has 0 saturated heterocycles. The van der Waals surface area contributed by atoms with Crippen molar-refractivity contribution in [2.24, 2.45) is 7.05 Å². The maximum Gasteiger partial charge on any atom is 0.333 e. The van der Waals surface area contributed by atoms with Gasteiger partial charge >= 0.3 is 11.7 Å². The molecule has 0 aliphatic heterocycles. The van der Waals surface area contributed by atoms with Gasteiger partial charge in [-0.25, -0.2) is 22.7 Å². The summed E-state index contributed by atoms with van der Waals surface area (Å²) in [5, 5.41) is 2.70. The van der Waals surface area contributed by atoms with Gasteiger partial charge < -0.3 is 10.3 Å². The molecule has 0 spiro atoms. The molecule has 3 N–H and O–H groups in total. The van der Waals surface area contributed by atoms with Crippen molar-refractivity contribution in [3.63, 3.8) is 0 Å². The van der Waals surface area contributed by atoms with Crippen LogP contribution < -0.4 is 21.3 Å². The summed E-state index contributed by atoms with van der Waals surface area (Å²) in [4.78, 5) is 37.4. The highest BCUT2D eigenvalue weighted by molar-refractivity contribution is 7.90. The standard InChI is InChI=1S/C18H20N4O5S/c1-22-16(23)14(9-19-18(22)25)28(26,27)21-17(24)20-15-12-6-2-4-10(12)8-11-5-3-7-13(11)15/h8-9H,2-7H2,1H3,(H,19,25)(H2,20,21,24). The second-order valence-electron chi connectivity index (χ2n) is 7.12. The van der Waals surface area contributed by atoms with Crippen LogP contribution in [0, 0.1) is 0 Å². The predicted octanol–water partition coefficient (Wildman–Crippen LogP) is 0.561. The number of benzene rings is 1. The minimum Gasteiger partial charge on any atom is -0.313 e. The van der Waals surface area contributed by atoms with Gasteiger partial charge in [-0.1, -0.05) is 6.07 Å². The van der Waals surface area contributed by atoms with Crippen molar-refractivity contribution in [3.8, 4) is 0 Å². The first-order valence-corrected chi connectivity index (χ1v) is 10.6. The zero-order chi connectivity index (χ0) is 20.1. The predicted molar refractivity (Wildman–Crippen MR) is 102 cm³/mol. The fourth-order valence-electron chi connectivity index (χ4n) is 4.02. The van der Waals surface area contributed by atoms with Gasteiger partial charge in [-0.05, 0) is 60.8 Å². The summed E-state index contributed by atoms with van der Waals surface area (Å²) in [7, 11) is -3.29. The number of carbonyl (C=O) groups is 1. The molecular weight excluding hydrogens is 384 g/mol. The number of H-pyrrole nitrogens is 1. The maximum atomic E-state index is 12.5. The van der Waals surface area contributed by atoms with E-state index >= 15 is 0 Å². The Balaban J connectivity index is 1.64. The van der Waals surface area contributed by atoms with Gasteiger partial charge in [0.05, 0.1) is 0 Å². The number of aryl methyl sites for hydroxylation is 2. The molecule has 0 fully saturated rings. The lowest BCUT2D eigenvalue weighted by Gasteiger charge is -2.16. The number of amides is 2. The fraction of sp³-hybridized carbons (Fsp3) is 0.389. The van der Waals surface area contributed by atoms with Crippen LogP contribution in [0.15, 0.2) is 26.7 Å². The molecule has 28 heavy (non-hydrogen) atoms. The fourth-order valence-corrected chi connectivity index (χ4v) is 5.01. The molecule has 10 heteroatoms. The number of aromatic amines is 1. The van der Waals surface area contributed by atoms with Crippen LogP contribution in [0.5, 0.6) is 0 Å². The third-order valence-electron chi connectivity index (χ3n) is 5.37. The number of rotatable bonds is 3. The molecular formula is C18H20N4O5S. The topological polar surface area (TPSA) is 130 Å². The summed E-state index contributed by atoms with van der Waals surface area (Å²) in [5.41, 5.74) is 3.47. The highest BCUT2D eigenvalue weighted by Gasteiger charge is 2.27. The van der Waals surface area contributed by atoms with Crippen LogP contribution in [0.25, 0.3) is 0 Å². The first-order chi connectivity index (χ1) is 13.3. The highest BCUT2D eigenvalue weighted by Crippen LogP contribution is 2.38. The van der Waals surface area contributed by atoms with E-state index < -0.39 is 32.2 Å². The second kappa shape index (κ2) is 6.62. The van der Waals surface area contributed by atoms with Gasteiger partial charge in [-0.15, -0.1) is 0 Å². The molecule has 0 saturated carbocycles. The number of carbonyl (C=O) groups excluding carboxylic acids is 1. The molecule has 1 aromatic carbocycles. The van der Waals surface area contributed by atoms with Gasteiger partial charge in [0.1, 0.15) is 0 Å². The Bertz CT molecular complexity index is 1180. The minimum atomic E-state index is -4.44. The van der Waals surface area contributed by atoms with Gasteiger partial charge in [0, 0.05) is 18.9 Å². The van der Waals surface area contributed by atoms with E-state index in [0.717, 1.165) is 62.9 Å². The monoisotopic (exact) mass is 404 g/mol. The SMILES string of the molecule is Cn1c(=O)[nH]cc(S(=O)(=O)NC(=O)Nc2c3c(cc4c2CCC4)CCC3)c1=O. The Hall–Kier alpha value is -2.88. The highest BCUT2D eigenvalue weighted by atomic mass is 32.2. The summed E-state index contributed by atoms with van der Waals surface area (Å²) in [6.45, 7) is 0. The van der Waals surface area contributed by atoms with Crippen molar-refractivity contribution in [1.29, 1.82) is 0 Å². The van der Waals surface area contributed by atoms with Gasteiger partial charge in [0.2, 0.25) is 0 Å². The quantitative estimate of drug-likeness (QED) is 0.688. The van der Waals surface area contributed by atoms with E-state index in [9.17, 15) is 22.8 Å². The van der Waals surface area contributed by atoms with E-state index in [4.69, 9.17) is 0 Å². The van der Waals surface area contributed by atoms with Crippen molar-refractivity contribution in [2.75, 3.05) is 5.32 Å². The Morgan fingerprint density at radius 2 is 1.68 bits per heavy atom. The Morgan fingerprint density at radius 3 is 2.29 bits per heavy atom. The smallest absolute Gasteiger partial charge is 0.313 e. The third-order valence-corrected chi connectivity index (χ3v) is 6.70. The van der Waals surface area contributed by atoms with Crippen molar-refractivity contribution >= 4 is 21.7 Å². The van der Waals surface area contributed by atoms with Crippen LogP contribution in [0.3, 0.4) is 0 Å². The maximum absolute atomic E-state index is 12.5. The molecule has 2 aliphatic rings. The van der Waals surface area contributed by atoms with E-state index in [-0.39, 0.29) is 0 Å². The largest absolute Gasteiger partial charge is 0.333 e. The Kier molecular flexibility index (Phi) is 4.37. The number of anilines is 1. The first-order valence-electron chi connectivity index (χ1n) is 9.07. The van der Waals surface area contributed by atoms with Crippen molar-refractivity contribution in [3.05, 3.63) is 55.4 Å². The van der Waals surface area contributed by atoms with Crippen LogP contribution in [0.1, 0.15) is 35.1 Å². The van der Waals surface area contributed by atoms with Crippen molar-refractivity contribution < 1.29 is 13.2 Å². The number of urea groups is 1.